The third kappa shape index (κ3) is 5.19. The minimum atomic E-state index is -0.615. The molecule has 0 aliphatic heterocycles. The second-order valence-electron chi connectivity index (χ2n) is 4.01. The average molecular weight is 283 g/mol. The lowest BCUT2D eigenvalue weighted by atomic mass is 10.4. The van der Waals surface area contributed by atoms with E-state index in [1.165, 1.54) is 0 Å². The van der Waals surface area contributed by atoms with Crippen LogP contribution in [-0.4, -0.2) is 35.2 Å². The van der Waals surface area contributed by atoms with Crippen LogP contribution in [0.3, 0.4) is 0 Å². The number of hydrogen-bond donors (Lipinski definition) is 1. The summed E-state index contributed by atoms with van der Waals surface area (Å²) < 4.78 is 6.12. The number of nitrogens with one attached hydrogen (secondary N) is 1. The van der Waals surface area contributed by atoms with E-state index in [2.05, 4.69) is 5.32 Å². The van der Waals surface area contributed by atoms with Gasteiger partial charge in [0.2, 0.25) is 5.91 Å². The number of amides is 1. The summed E-state index contributed by atoms with van der Waals surface area (Å²) in [7, 11) is 0. The smallest absolute Gasteiger partial charge is 0.285 e. The van der Waals surface area contributed by atoms with E-state index < -0.39 is 10.5 Å². The molecule has 0 aliphatic carbocycles. The van der Waals surface area contributed by atoms with Gasteiger partial charge in [-0.2, -0.15) is 0 Å². The molecule has 0 spiro atoms. The van der Waals surface area contributed by atoms with E-state index in [-0.39, 0.29) is 18.1 Å². The fourth-order valence-electron chi connectivity index (χ4n) is 1.51. The van der Waals surface area contributed by atoms with Gasteiger partial charge < -0.3 is 10.1 Å². The number of rotatable bonds is 8. The van der Waals surface area contributed by atoms with Crippen LogP contribution in [0.1, 0.15) is 13.3 Å². The van der Waals surface area contributed by atoms with Crippen LogP contribution in [-0.2, 0) is 16.1 Å². The summed E-state index contributed by atoms with van der Waals surface area (Å²) in [5.74, 6) is -0.371. The molecule has 20 heavy (non-hydrogen) atoms. The van der Waals surface area contributed by atoms with Gasteiger partial charge in [0, 0.05) is 31.9 Å². The van der Waals surface area contributed by atoms with Crippen molar-refractivity contribution < 1.29 is 14.5 Å². The molecule has 1 rings (SSSR count). The maximum Gasteiger partial charge on any atom is 0.285 e. The first-order valence-corrected chi connectivity index (χ1v) is 6.24. The predicted octanol–water partition coefficient (Wildman–Crippen LogP) is 0.299. The molecule has 110 valence electrons. The van der Waals surface area contributed by atoms with Crippen molar-refractivity contribution in [2.75, 3.05) is 19.8 Å². The predicted molar refractivity (Wildman–Crippen MR) is 71.5 cm³/mol. The van der Waals surface area contributed by atoms with Crippen molar-refractivity contribution in [2.24, 2.45) is 0 Å². The van der Waals surface area contributed by atoms with E-state index in [1.54, 1.807) is 0 Å². The van der Waals surface area contributed by atoms with Gasteiger partial charge in [0.05, 0.1) is 11.1 Å². The number of pyridine rings is 1. The third-order valence-electron chi connectivity index (χ3n) is 2.48. The Labute approximate surface area is 115 Å². The molecule has 8 nitrogen and oxygen atoms in total. The zero-order valence-electron chi connectivity index (χ0n) is 11.2. The number of hydrogen-bond acceptors (Lipinski definition) is 5. The maximum atomic E-state index is 11.6. The van der Waals surface area contributed by atoms with Crippen LogP contribution in [0.15, 0.2) is 23.1 Å². The van der Waals surface area contributed by atoms with Gasteiger partial charge in [0.15, 0.2) is 0 Å². The van der Waals surface area contributed by atoms with Crippen molar-refractivity contribution in [3.63, 3.8) is 0 Å². The molecule has 1 aromatic rings. The summed E-state index contributed by atoms with van der Waals surface area (Å²) in [5, 5.41) is 13.2. The van der Waals surface area contributed by atoms with Gasteiger partial charge in [-0.25, -0.2) is 0 Å². The highest BCUT2D eigenvalue weighted by Crippen LogP contribution is 2.05. The lowest BCUT2D eigenvalue weighted by Crippen LogP contribution is -2.32. The number of nitro groups is 1. The van der Waals surface area contributed by atoms with Crippen LogP contribution in [0.5, 0.6) is 0 Å². The topological polar surface area (TPSA) is 103 Å². The summed E-state index contributed by atoms with van der Waals surface area (Å²) in [6.45, 7) is 3.25. The molecule has 0 unspecified atom stereocenters. The van der Waals surface area contributed by atoms with Gasteiger partial charge in [-0.15, -0.1) is 0 Å². The second kappa shape index (κ2) is 8.05. The maximum absolute atomic E-state index is 11.6. The summed E-state index contributed by atoms with van der Waals surface area (Å²) in [6.07, 6.45) is 1.73. The van der Waals surface area contributed by atoms with Crippen molar-refractivity contribution in [1.29, 1.82) is 0 Å². The largest absolute Gasteiger partial charge is 0.382 e. The lowest BCUT2D eigenvalue weighted by Gasteiger charge is -2.07. The molecule has 1 amide bonds. The molecule has 0 saturated carbocycles. The Bertz CT molecular complexity index is 526. The van der Waals surface area contributed by atoms with E-state index in [0.717, 1.165) is 22.9 Å². The van der Waals surface area contributed by atoms with Crippen molar-refractivity contribution in [2.45, 2.75) is 19.9 Å². The zero-order valence-corrected chi connectivity index (χ0v) is 11.2. The first-order chi connectivity index (χ1) is 9.54. The molecule has 0 aliphatic rings. The summed E-state index contributed by atoms with van der Waals surface area (Å²) >= 11 is 0. The quantitative estimate of drug-likeness (QED) is 0.420. The highest BCUT2D eigenvalue weighted by atomic mass is 16.6. The Kier molecular flexibility index (Phi) is 6.38. The van der Waals surface area contributed by atoms with E-state index in [9.17, 15) is 19.7 Å². The molecule has 1 aromatic heterocycles. The first-order valence-electron chi connectivity index (χ1n) is 6.24. The Morgan fingerprint density at radius 3 is 2.90 bits per heavy atom. The molecular weight excluding hydrogens is 266 g/mol. The SMILES string of the molecule is CCOCCCNC(=O)Cn1cc([N+](=O)[O-])ccc1=O. The first kappa shape index (κ1) is 15.8. The van der Waals surface area contributed by atoms with Crippen molar-refractivity contribution in [3.05, 3.63) is 38.8 Å². The van der Waals surface area contributed by atoms with Crippen LogP contribution in [0.4, 0.5) is 5.69 Å². The molecule has 0 fully saturated rings. The number of ether oxygens (including phenoxy) is 1. The minimum absolute atomic E-state index is 0.228. The van der Waals surface area contributed by atoms with Gasteiger partial charge in [0.1, 0.15) is 6.54 Å². The molecule has 0 saturated heterocycles. The normalized spacial score (nSPS) is 10.2. The molecule has 0 bridgehead atoms. The second-order valence-corrected chi connectivity index (χ2v) is 4.01. The van der Waals surface area contributed by atoms with E-state index >= 15 is 0 Å². The third-order valence-corrected chi connectivity index (χ3v) is 2.48. The van der Waals surface area contributed by atoms with Gasteiger partial charge in [0.25, 0.3) is 11.2 Å². The molecular formula is C12H17N3O5. The van der Waals surface area contributed by atoms with Crippen LogP contribution in [0.25, 0.3) is 0 Å². The van der Waals surface area contributed by atoms with Gasteiger partial charge in [-0.1, -0.05) is 0 Å². The number of carbonyl (C=O) groups excluding carboxylic acids is 1. The minimum Gasteiger partial charge on any atom is -0.382 e. The number of carbonyl (C=O) groups is 1. The molecule has 1 N–H and O–H groups in total. The Morgan fingerprint density at radius 1 is 1.50 bits per heavy atom. The Balaban J connectivity index is 2.51. The Morgan fingerprint density at radius 2 is 2.25 bits per heavy atom. The average Bonchev–Trinajstić information content (AvgIpc) is 2.40. The van der Waals surface area contributed by atoms with Crippen LogP contribution in [0.2, 0.25) is 0 Å². The number of aromatic nitrogens is 1. The molecule has 0 aromatic carbocycles. The molecule has 0 radical (unpaired) electrons. The molecule has 0 atom stereocenters. The standard InChI is InChI=1S/C12H17N3O5/c1-2-20-7-3-6-13-11(16)9-14-8-10(15(18)19)4-5-12(14)17/h4-5,8H,2-3,6-7,9H2,1H3,(H,13,16). The highest BCUT2D eigenvalue weighted by molar-refractivity contribution is 5.75. The van der Waals surface area contributed by atoms with E-state index in [4.69, 9.17) is 4.74 Å². The monoisotopic (exact) mass is 283 g/mol. The van der Waals surface area contributed by atoms with Crippen LogP contribution in [0, 0.1) is 10.1 Å². The fourth-order valence-corrected chi connectivity index (χ4v) is 1.51. The zero-order chi connectivity index (χ0) is 15.0. The number of nitrogens with zero attached hydrogens (tertiary/aromatic N) is 2. The Hall–Kier alpha value is -2.22. The van der Waals surface area contributed by atoms with E-state index in [1.807, 2.05) is 6.92 Å². The highest BCUT2D eigenvalue weighted by Gasteiger charge is 2.10. The summed E-state index contributed by atoms with van der Waals surface area (Å²) in [5.41, 5.74) is -0.686. The lowest BCUT2D eigenvalue weighted by molar-refractivity contribution is -0.385. The van der Waals surface area contributed by atoms with Crippen molar-refractivity contribution in [1.82, 2.24) is 9.88 Å². The summed E-state index contributed by atoms with van der Waals surface area (Å²) in [4.78, 5) is 33.1. The van der Waals surface area contributed by atoms with Crippen LogP contribution >= 0.6 is 0 Å². The van der Waals surface area contributed by atoms with Crippen molar-refractivity contribution >= 4 is 11.6 Å². The van der Waals surface area contributed by atoms with Gasteiger partial charge >= 0.3 is 0 Å². The summed E-state index contributed by atoms with van der Waals surface area (Å²) in [6, 6.07) is 2.18. The van der Waals surface area contributed by atoms with Crippen LogP contribution < -0.4 is 10.9 Å². The van der Waals surface area contributed by atoms with E-state index in [0.29, 0.717) is 26.2 Å². The molecule has 1 heterocycles. The van der Waals surface area contributed by atoms with Gasteiger partial charge in [-0.3, -0.25) is 24.3 Å². The van der Waals surface area contributed by atoms with Gasteiger partial charge in [-0.05, 0) is 13.3 Å². The molecule has 8 heteroatoms. The van der Waals surface area contributed by atoms with Crippen molar-refractivity contribution in [3.8, 4) is 0 Å². The fraction of sp³-hybridized carbons (Fsp3) is 0.500.